The van der Waals surface area contributed by atoms with Crippen molar-refractivity contribution >= 4 is 61.0 Å². The summed E-state index contributed by atoms with van der Waals surface area (Å²) in [7, 11) is -10.1. The third kappa shape index (κ3) is 8.69. The van der Waals surface area contributed by atoms with Crippen LogP contribution in [0.1, 0.15) is 58.2 Å². The number of nitrogens with one attached hydrogen (secondary N) is 1. The summed E-state index contributed by atoms with van der Waals surface area (Å²) >= 11 is 3.55. The Labute approximate surface area is 307 Å². The lowest BCUT2D eigenvalue weighted by Crippen LogP contribution is -2.49. The van der Waals surface area contributed by atoms with E-state index in [2.05, 4.69) is 74.0 Å². The molecule has 3 aromatic carbocycles. The van der Waals surface area contributed by atoms with E-state index < -0.39 is 40.1 Å². The van der Waals surface area contributed by atoms with Gasteiger partial charge in [-0.2, -0.15) is 0 Å². The SMILES string of the molecule is Cc1ccc(S(=O)(=O)NC[C@H](C#CC(=O)Cc2cn(S(=O)(=O)c3ccc(C)cc3)c3cccc(Br)c23)CO[Si](C(C)C)(C(C)C)C(C)C)cc1. The molecule has 0 amide bonds. The predicted octanol–water partition coefficient (Wildman–Crippen LogP) is 8.16. The molecule has 4 rings (SSSR count). The van der Waals surface area contributed by atoms with Crippen LogP contribution in [0.25, 0.3) is 10.9 Å². The molecule has 12 heteroatoms. The van der Waals surface area contributed by atoms with E-state index in [1.807, 2.05) is 13.8 Å². The van der Waals surface area contributed by atoms with Crippen molar-refractivity contribution in [2.24, 2.45) is 5.92 Å². The molecule has 0 fully saturated rings. The van der Waals surface area contributed by atoms with Crippen molar-refractivity contribution in [2.75, 3.05) is 13.2 Å². The van der Waals surface area contributed by atoms with Crippen molar-refractivity contribution < 1.29 is 26.1 Å². The zero-order chi connectivity index (χ0) is 37.0. The van der Waals surface area contributed by atoms with Crippen LogP contribution in [0.15, 0.2) is 87.2 Å². The molecule has 0 bridgehead atoms. The van der Waals surface area contributed by atoms with Crippen LogP contribution in [0.2, 0.25) is 16.6 Å². The van der Waals surface area contributed by atoms with Crippen LogP contribution >= 0.6 is 15.9 Å². The molecule has 0 spiro atoms. The second-order valence-electron chi connectivity index (χ2n) is 13.8. The number of halogens is 1. The highest BCUT2D eigenvalue weighted by molar-refractivity contribution is 9.10. The number of rotatable bonds is 14. The molecule has 1 heterocycles. The summed E-state index contributed by atoms with van der Waals surface area (Å²) < 4.78 is 65.2. The summed E-state index contributed by atoms with van der Waals surface area (Å²) in [6, 6.07) is 18.4. The first-order chi connectivity index (χ1) is 23.4. The molecule has 0 saturated heterocycles. The molecule has 0 aliphatic carbocycles. The predicted molar refractivity (Wildman–Crippen MR) is 207 cm³/mol. The Morgan fingerprint density at radius 2 is 1.38 bits per heavy atom. The van der Waals surface area contributed by atoms with Gasteiger partial charge in [0, 0.05) is 35.6 Å². The maximum absolute atomic E-state index is 13.7. The lowest BCUT2D eigenvalue weighted by Gasteiger charge is -2.42. The first-order valence-electron chi connectivity index (χ1n) is 16.8. The maximum atomic E-state index is 13.7. The summed E-state index contributed by atoms with van der Waals surface area (Å²) in [6.45, 7) is 16.9. The van der Waals surface area contributed by atoms with Crippen molar-refractivity contribution in [1.82, 2.24) is 8.69 Å². The Morgan fingerprint density at radius 3 is 1.92 bits per heavy atom. The van der Waals surface area contributed by atoms with Crippen molar-refractivity contribution in [2.45, 2.75) is 88.2 Å². The summed E-state index contributed by atoms with van der Waals surface area (Å²) in [5, 5.41) is 0.602. The lowest BCUT2D eigenvalue weighted by molar-refractivity contribution is -0.113. The molecule has 4 aromatic rings. The third-order valence-corrected chi connectivity index (χ3v) is 19.1. The number of benzene rings is 3. The van der Waals surface area contributed by atoms with E-state index in [9.17, 15) is 21.6 Å². The number of sulfonamides is 1. The van der Waals surface area contributed by atoms with Crippen LogP contribution < -0.4 is 4.72 Å². The number of aryl methyl sites for hydroxylation is 2. The molecule has 0 unspecified atom stereocenters. The van der Waals surface area contributed by atoms with Crippen LogP contribution in [0, 0.1) is 31.6 Å². The van der Waals surface area contributed by atoms with Crippen molar-refractivity contribution in [3.8, 4) is 11.8 Å². The second-order valence-corrected chi connectivity index (χ2v) is 23.7. The Balaban J connectivity index is 1.66. The van der Waals surface area contributed by atoms with Gasteiger partial charge in [0.15, 0.2) is 8.32 Å². The molecule has 50 heavy (non-hydrogen) atoms. The first-order valence-corrected chi connectivity index (χ1v) is 22.6. The number of Topliss-reactive ketones (excluding diaryl/α,β-unsaturated/α-hetero) is 1. The average molecular weight is 800 g/mol. The van der Waals surface area contributed by atoms with Gasteiger partial charge >= 0.3 is 0 Å². The van der Waals surface area contributed by atoms with Crippen LogP contribution in [-0.4, -0.2) is 48.1 Å². The van der Waals surface area contributed by atoms with Gasteiger partial charge in [-0.25, -0.2) is 25.5 Å². The highest BCUT2D eigenvalue weighted by atomic mass is 79.9. The monoisotopic (exact) mass is 798 g/mol. The van der Waals surface area contributed by atoms with Crippen LogP contribution in [0.3, 0.4) is 0 Å². The number of fused-ring (bicyclic) bond motifs is 1. The molecule has 268 valence electrons. The van der Waals surface area contributed by atoms with Crippen molar-refractivity contribution in [3.63, 3.8) is 0 Å². The fraction of sp³-hybridized carbons (Fsp3) is 0.395. The van der Waals surface area contributed by atoms with Gasteiger partial charge in [0.05, 0.1) is 21.2 Å². The number of hydrogen-bond donors (Lipinski definition) is 1. The van der Waals surface area contributed by atoms with Gasteiger partial charge in [-0.05, 0) is 78.4 Å². The largest absolute Gasteiger partial charge is 0.415 e. The number of aromatic nitrogens is 1. The smallest absolute Gasteiger partial charge is 0.268 e. The van der Waals surface area contributed by atoms with E-state index in [1.165, 1.54) is 10.2 Å². The Kier molecular flexibility index (Phi) is 12.8. The van der Waals surface area contributed by atoms with Gasteiger partial charge in [0.25, 0.3) is 10.0 Å². The van der Waals surface area contributed by atoms with E-state index >= 15 is 0 Å². The zero-order valence-electron chi connectivity index (χ0n) is 30.0. The summed E-state index contributed by atoms with van der Waals surface area (Å²) in [5.74, 6) is 4.73. The van der Waals surface area contributed by atoms with Gasteiger partial charge in [-0.3, -0.25) is 4.79 Å². The number of nitrogens with zero attached hydrogens (tertiary/aromatic N) is 1. The summed E-state index contributed by atoms with van der Waals surface area (Å²) in [5.41, 5.74) is 3.72. The minimum Gasteiger partial charge on any atom is -0.415 e. The van der Waals surface area contributed by atoms with Crippen LogP contribution in [0.5, 0.6) is 0 Å². The van der Waals surface area contributed by atoms with E-state index in [1.54, 1.807) is 66.7 Å². The first kappa shape index (κ1) is 39.7. The molecule has 0 radical (unpaired) electrons. The fourth-order valence-corrected chi connectivity index (χ4v) is 15.3. The van der Waals surface area contributed by atoms with Crippen molar-refractivity contribution in [3.05, 3.63) is 94.1 Å². The van der Waals surface area contributed by atoms with Gasteiger partial charge in [-0.15, -0.1) is 0 Å². The van der Waals surface area contributed by atoms with E-state index in [4.69, 9.17) is 4.43 Å². The standard InChI is InChI=1S/C38H47BrN2O6S2Si/c1-26(2)50(27(3)4,28(5)6)47-25-31(23-40-48(43,44)34-18-12-29(7)13-19-34)16-17-33(42)22-32-24-41(37-11-9-10-36(39)38(32)37)49(45,46)35-20-14-30(8)15-21-35/h9-15,18-21,24,26-28,31,40H,22-23,25H2,1-8H3/t31-/m0/s1. The molecule has 1 N–H and O–H groups in total. The maximum Gasteiger partial charge on any atom is 0.268 e. The number of hydrogen-bond acceptors (Lipinski definition) is 6. The average Bonchev–Trinajstić information content (AvgIpc) is 3.42. The second kappa shape index (κ2) is 16.1. The van der Waals surface area contributed by atoms with E-state index in [-0.39, 0.29) is 29.4 Å². The molecule has 0 saturated carbocycles. The van der Waals surface area contributed by atoms with Gasteiger partial charge in [0.1, 0.15) is 0 Å². The van der Waals surface area contributed by atoms with E-state index in [0.29, 0.717) is 37.6 Å². The Morgan fingerprint density at radius 1 is 0.840 bits per heavy atom. The molecule has 8 nitrogen and oxygen atoms in total. The minimum absolute atomic E-state index is 0.0467. The molecular formula is C38H47BrN2O6S2Si. The van der Waals surface area contributed by atoms with Crippen molar-refractivity contribution in [1.29, 1.82) is 0 Å². The number of ketones is 1. The van der Waals surface area contributed by atoms with Gasteiger partial charge < -0.3 is 4.43 Å². The molecule has 0 aliphatic rings. The van der Waals surface area contributed by atoms with Crippen LogP contribution in [-0.2, 0) is 35.7 Å². The van der Waals surface area contributed by atoms with Gasteiger partial charge in [0.2, 0.25) is 15.8 Å². The summed E-state index contributed by atoms with van der Waals surface area (Å²) in [4.78, 5) is 13.8. The topological polar surface area (TPSA) is 112 Å². The lowest BCUT2D eigenvalue weighted by atomic mass is 10.1. The normalized spacial score (nSPS) is 13.2. The van der Waals surface area contributed by atoms with Gasteiger partial charge in [-0.1, -0.05) is 105 Å². The highest BCUT2D eigenvalue weighted by Gasteiger charge is 2.45. The number of carbonyl (C=O) groups excluding carboxylic acids is 1. The Bertz CT molecular complexity index is 2090. The fourth-order valence-electron chi connectivity index (χ4n) is 6.75. The molecule has 1 atom stereocenters. The van der Waals surface area contributed by atoms with E-state index in [0.717, 1.165) is 11.1 Å². The Hall–Kier alpha value is -3.05. The highest BCUT2D eigenvalue weighted by Crippen LogP contribution is 2.42. The molecule has 0 aliphatic heterocycles. The minimum atomic E-state index is -3.96. The van der Waals surface area contributed by atoms with Crippen LogP contribution in [0.4, 0.5) is 0 Å². The zero-order valence-corrected chi connectivity index (χ0v) is 34.2. The quantitative estimate of drug-likeness (QED) is 0.0784. The number of carbonyl (C=O) groups is 1. The molecule has 1 aromatic heterocycles. The summed E-state index contributed by atoms with van der Waals surface area (Å²) in [6.07, 6.45) is 1.34. The third-order valence-electron chi connectivity index (χ3n) is 9.26. The molecular weight excluding hydrogens is 753 g/mol.